The first-order valence-electron chi connectivity index (χ1n) is 9.71. The van der Waals surface area contributed by atoms with Crippen LogP contribution in [0.4, 0.5) is 13.2 Å². The van der Waals surface area contributed by atoms with E-state index in [1.165, 1.54) is 43.5 Å². The Morgan fingerprint density at radius 1 is 1.19 bits per heavy atom. The molecule has 4 rings (SSSR count). The number of halogens is 3. The number of nitrogens with two attached hydrogens (primary N) is 1. The van der Waals surface area contributed by atoms with E-state index in [2.05, 4.69) is 9.98 Å². The van der Waals surface area contributed by atoms with Crippen molar-refractivity contribution >= 4 is 29.5 Å². The van der Waals surface area contributed by atoms with Gasteiger partial charge >= 0.3 is 0 Å². The van der Waals surface area contributed by atoms with Crippen LogP contribution < -0.4 is 15.2 Å². The summed E-state index contributed by atoms with van der Waals surface area (Å²) in [5, 5.41) is 0. The molecule has 0 amide bonds. The number of rotatable bonds is 3. The van der Waals surface area contributed by atoms with E-state index in [9.17, 15) is 8.78 Å². The molecule has 0 spiro atoms. The zero-order valence-electron chi connectivity index (χ0n) is 17.3. The fraction of sp³-hybridized carbons (Fsp3) is 0.364. The highest BCUT2D eigenvalue weighted by molar-refractivity contribution is 8.01. The van der Waals surface area contributed by atoms with Crippen LogP contribution in [0.2, 0.25) is 0 Å². The number of pyridine rings is 1. The second-order valence-electron chi connectivity index (χ2n) is 8.03. The summed E-state index contributed by atoms with van der Waals surface area (Å²) in [5.41, 5.74) is 3.34. The molecule has 1 aromatic carbocycles. The van der Waals surface area contributed by atoms with E-state index in [1.807, 2.05) is 0 Å². The molecule has 1 aromatic heterocycles. The molecule has 0 aliphatic carbocycles. The Hall–Kier alpha value is -2.68. The van der Waals surface area contributed by atoms with Crippen LogP contribution in [-0.2, 0) is 5.54 Å². The summed E-state index contributed by atoms with van der Waals surface area (Å²) in [6.45, 7) is 5.77. The van der Waals surface area contributed by atoms with Gasteiger partial charge in [-0.05, 0) is 44.5 Å². The molecule has 9 heteroatoms. The van der Waals surface area contributed by atoms with Gasteiger partial charge in [0, 0.05) is 11.6 Å². The minimum absolute atomic E-state index is 0.00244. The van der Waals surface area contributed by atoms with Crippen LogP contribution in [0.5, 0.6) is 11.5 Å². The van der Waals surface area contributed by atoms with E-state index in [-0.39, 0.29) is 17.1 Å². The lowest BCUT2D eigenvalue weighted by Crippen LogP contribution is -2.48. The topological polar surface area (TPSA) is 69.7 Å². The number of amidine groups is 1. The summed E-state index contributed by atoms with van der Waals surface area (Å²) in [7, 11) is 0. The van der Waals surface area contributed by atoms with Gasteiger partial charge in [-0.25, -0.2) is 18.2 Å². The molecule has 31 heavy (non-hydrogen) atoms. The molecule has 0 unspecified atom stereocenters. The molecule has 0 bridgehead atoms. The maximum atomic E-state index is 15.1. The highest BCUT2D eigenvalue weighted by Crippen LogP contribution is 2.47. The average Bonchev–Trinajstić information content (AvgIpc) is 2.73. The molecule has 0 saturated heterocycles. The number of fused-ring (bicyclic) bond motifs is 1. The second-order valence-corrected chi connectivity index (χ2v) is 9.70. The van der Waals surface area contributed by atoms with Crippen molar-refractivity contribution < 1.29 is 22.6 Å². The predicted molar refractivity (Wildman–Crippen MR) is 116 cm³/mol. The van der Waals surface area contributed by atoms with Crippen molar-refractivity contribution in [2.75, 3.05) is 13.2 Å². The standard InChI is InChI=1S/C22H22F3N3O2S/c1-21(2)20(26)28-22(3,19(25)31-21)13-8-12(4-5-14(13)23)9-15(24)16-10-17-18(11-27-16)30-7-6-29-17/h4-5,8-11,19H,6-7H2,1-3H3,(H2,26,28)/b15-9-/t19-,22+/m0/s1. The first-order chi connectivity index (χ1) is 14.6. The van der Waals surface area contributed by atoms with Crippen LogP contribution in [-0.4, -0.2) is 34.3 Å². The van der Waals surface area contributed by atoms with Crippen molar-refractivity contribution in [3.63, 3.8) is 0 Å². The van der Waals surface area contributed by atoms with Crippen LogP contribution >= 0.6 is 11.8 Å². The van der Waals surface area contributed by atoms with Gasteiger partial charge in [0.1, 0.15) is 41.9 Å². The van der Waals surface area contributed by atoms with Crippen molar-refractivity contribution in [3.8, 4) is 11.5 Å². The molecule has 0 fully saturated rings. The molecule has 0 saturated carbocycles. The molecule has 2 aliphatic heterocycles. The van der Waals surface area contributed by atoms with Gasteiger partial charge in [-0.1, -0.05) is 6.07 Å². The largest absolute Gasteiger partial charge is 0.486 e. The quantitative estimate of drug-likeness (QED) is 0.725. The molecular formula is C22H22F3N3O2S. The summed E-state index contributed by atoms with van der Waals surface area (Å²) >= 11 is 0.977. The van der Waals surface area contributed by atoms with Gasteiger partial charge < -0.3 is 15.2 Å². The maximum Gasteiger partial charge on any atom is 0.179 e. The summed E-state index contributed by atoms with van der Waals surface area (Å²) in [6, 6.07) is 5.39. The van der Waals surface area contributed by atoms with Crippen LogP contribution in [0.3, 0.4) is 0 Å². The molecule has 3 heterocycles. The van der Waals surface area contributed by atoms with Crippen molar-refractivity contribution in [2.45, 2.75) is 36.6 Å². The van der Waals surface area contributed by atoms with E-state index in [4.69, 9.17) is 15.2 Å². The lowest BCUT2D eigenvalue weighted by molar-refractivity contribution is 0.170. The number of alkyl halides is 1. The SMILES string of the molecule is CC1(C)S[C@H](F)[C@@](C)(c2cc(/C=C(\F)c3cc4c(cn3)OCCO4)ccc2F)N=C1N. The van der Waals surface area contributed by atoms with Crippen LogP contribution in [0.1, 0.15) is 37.6 Å². The van der Waals surface area contributed by atoms with Gasteiger partial charge in [-0.3, -0.25) is 4.99 Å². The van der Waals surface area contributed by atoms with Crippen molar-refractivity contribution in [1.29, 1.82) is 0 Å². The number of hydrogen-bond donors (Lipinski definition) is 1. The minimum Gasteiger partial charge on any atom is -0.486 e. The van der Waals surface area contributed by atoms with Crippen molar-refractivity contribution in [2.24, 2.45) is 10.7 Å². The Labute approximate surface area is 182 Å². The number of ether oxygens (including phenoxy) is 2. The fourth-order valence-corrected chi connectivity index (χ4v) is 4.46. The zero-order chi connectivity index (χ0) is 22.4. The number of aromatic nitrogens is 1. The normalized spacial score (nSPS) is 25.2. The van der Waals surface area contributed by atoms with E-state index in [0.29, 0.717) is 30.3 Å². The summed E-state index contributed by atoms with van der Waals surface area (Å²) in [5.74, 6) is -0.224. The van der Waals surface area contributed by atoms with Gasteiger partial charge in [0.25, 0.3) is 0 Å². The van der Waals surface area contributed by atoms with Crippen LogP contribution in [0, 0.1) is 5.82 Å². The van der Waals surface area contributed by atoms with Crippen LogP contribution in [0.15, 0.2) is 35.5 Å². The predicted octanol–water partition coefficient (Wildman–Crippen LogP) is 4.85. The highest BCUT2D eigenvalue weighted by Gasteiger charge is 2.47. The molecule has 2 atom stereocenters. The molecule has 164 valence electrons. The van der Waals surface area contributed by atoms with Crippen molar-refractivity contribution in [3.05, 3.63) is 53.1 Å². The summed E-state index contributed by atoms with van der Waals surface area (Å²) in [4.78, 5) is 8.35. The first kappa shape index (κ1) is 21.5. The summed E-state index contributed by atoms with van der Waals surface area (Å²) in [6.07, 6.45) is 2.59. The van der Waals surface area contributed by atoms with E-state index < -0.39 is 27.4 Å². The second kappa shape index (κ2) is 7.78. The first-order valence-corrected chi connectivity index (χ1v) is 10.6. The highest BCUT2D eigenvalue weighted by atomic mass is 32.2. The van der Waals surface area contributed by atoms with Gasteiger partial charge in [0.15, 0.2) is 17.0 Å². The number of benzene rings is 1. The van der Waals surface area contributed by atoms with Crippen LogP contribution in [0.25, 0.3) is 11.9 Å². The van der Waals surface area contributed by atoms with E-state index >= 15 is 4.39 Å². The Kier molecular flexibility index (Phi) is 5.41. The van der Waals surface area contributed by atoms with Gasteiger partial charge in [0.2, 0.25) is 0 Å². The molecular weight excluding hydrogens is 427 g/mol. The van der Waals surface area contributed by atoms with Crippen molar-refractivity contribution in [1.82, 2.24) is 4.98 Å². The fourth-order valence-electron chi connectivity index (χ4n) is 3.37. The van der Waals surface area contributed by atoms with E-state index in [1.54, 1.807) is 13.8 Å². The van der Waals surface area contributed by atoms with Gasteiger partial charge in [-0.2, -0.15) is 0 Å². The molecule has 2 N–H and O–H groups in total. The number of aliphatic imine (C=N–C) groups is 1. The molecule has 2 aliphatic rings. The Balaban J connectivity index is 1.71. The third kappa shape index (κ3) is 3.98. The lowest BCUT2D eigenvalue weighted by Gasteiger charge is -2.40. The zero-order valence-corrected chi connectivity index (χ0v) is 18.1. The molecule has 2 aromatic rings. The summed E-state index contributed by atoms with van der Waals surface area (Å²) < 4.78 is 54.8. The van der Waals surface area contributed by atoms with Gasteiger partial charge in [-0.15, -0.1) is 11.8 Å². The Bertz CT molecular complexity index is 1090. The Morgan fingerprint density at radius 2 is 1.90 bits per heavy atom. The smallest absolute Gasteiger partial charge is 0.179 e. The number of thioether (sulfide) groups is 1. The number of nitrogens with zero attached hydrogens (tertiary/aromatic N) is 2. The lowest BCUT2D eigenvalue weighted by atomic mass is 9.90. The van der Waals surface area contributed by atoms with E-state index in [0.717, 1.165) is 11.8 Å². The maximum absolute atomic E-state index is 15.1. The van der Waals surface area contributed by atoms with Gasteiger partial charge in [0.05, 0.1) is 10.9 Å². The monoisotopic (exact) mass is 449 g/mol. The average molecular weight is 449 g/mol. The number of hydrogen-bond acceptors (Lipinski definition) is 6. The minimum atomic E-state index is -1.54. The third-order valence-corrected chi connectivity index (χ3v) is 6.78. The third-order valence-electron chi connectivity index (χ3n) is 5.31. The Morgan fingerprint density at radius 3 is 2.65 bits per heavy atom. The molecule has 5 nitrogen and oxygen atoms in total. The molecule has 0 radical (unpaired) electrons.